The first-order valence-electron chi connectivity index (χ1n) is 8.60. The zero-order valence-corrected chi connectivity index (χ0v) is 14.5. The Morgan fingerprint density at radius 1 is 1.04 bits per heavy atom. The predicted octanol–water partition coefficient (Wildman–Crippen LogP) is 2.57. The Bertz CT molecular complexity index is 1060. The van der Waals surface area contributed by atoms with E-state index in [1.54, 1.807) is 0 Å². The summed E-state index contributed by atoms with van der Waals surface area (Å²) in [5.41, 5.74) is 9.33. The van der Waals surface area contributed by atoms with Crippen molar-refractivity contribution in [2.75, 3.05) is 12.3 Å². The number of H-pyrrole nitrogens is 1. The van der Waals surface area contributed by atoms with Gasteiger partial charge in [-0.3, -0.25) is 4.79 Å². The van der Waals surface area contributed by atoms with Crippen molar-refractivity contribution in [1.29, 1.82) is 0 Å². The minimum absolute atomic E-state index is 0.132. The summed E-state index contributed by atoms with van der Waals surface area (Å²) in [6.45, 7) is 0.442. The number of nitrogens with one attached hydrogen (secondary N) is 2. The molecule has 0 unspecified atom stereocenters. The van der Waals surface area contributed by atoms with Crippen LogP contribution in [0.5, 0.6) is 0 Å². The maximum Gasteiger partial charge on any atom is 0.255 e. The van der Waals surface area contributed by atoms with E-state index in [9.17, 15) is 4.79 Å². The number of amides is 1. The average Bonchev–Trinajstić information content (AvgIpc) is 3.11. The third-order valence-corrected chi connectivity index (χ3v) is 4.19. The topological polar surface area (TPSA) is 110 Å². The van der Waals surface area contributed by atoms with Gasteiger partial charge in [0.25, 0.3) is 5.91 Å². The Morgan fingerprint density at radius 2 is 1.81 bits per heavy atom. The summed E-state index contributed by atoms with van der Waals surface area (Å²) >= 11 is 0. The second-order valence-electron chi connectivity index (χ2n) is 6.06. The highest BCUT2D eigenvalue weighted by Crippen LogP contribution is 2.21. The van der Waals surface area contributed by atoms with Gasteiger partial charge in [-0.2, -0.15) is 0 Å². The highest BCUT2D eigenvalue weighted by molar-refractivity contribution is 5.99. The van der Waals surface area contributed by atoms with E-state index in [1.165, 1.54) is 6.20 Å². The largest absolute Gasteiger partial charge is 0.368 e. The molecule has 2 aromatic heterocycles. The van der Waals surface area contributed by atoms with Gasteiger partial charge in [0.15, 0.2) is 0 Å². The monoisotopic (exact) mass is 358 g/mol. The number of anilines is 1. The predicted molar refractivity (Wildman–Crippen MR) is 104 cm³/mol. The summed E-state index contributed by atoms with van der Waals surface area (Å²) in [7, 11) is 0. The Balaban J connectivity index is 1.48. The molecule has 0 aliphatic heterocycles. The van der Waals surface area contributed by atoms with E-state index in [0.717, 1.165) is 22.4 Å². The van der Waals surface area contributed by atoms with Gasteiger partial charge < -0.3 is 16.0 Å². The van der Waals surface area contributed by atoms with E-state index in [2.05, 4.69) is 25.3 Å². The third-order valence-electron chi connectivity index (χ3n) is 4.19. The molecule has 27 heavy (non-hydrogen) atoms. The van der Waals surface area contributed by atoms with Gasteiger partial charge in [-0.15, -0.1) is 0 Å². The van der Waals surface area contributed by atoms with Gasteiger partial charge in [0, 0.05) is 24.7 Å². The lowest BCUT2D eigenvalue weighted by Crippen LogP contribution is -2.27. The molecule has 4 rings (SSSR count). The van der Waals surface area contributed by atoms with Crippen LogP contribution in [0.2, 0.25) is 0 Å². The summed E-state index contributed by atoms with van der Waals surface area (Å²) in [5.74, 6) is 0.714. The molecule has 0 aliphatic rings. The van der Waals surface area contributed by atoms with E-state index in [0.29, 0.717) is 24.2 Å². The van der Waals surface area contributed by atoms with Crippen LogP contribution in [-0.4, -0.2) is 32.4 Å². The SMILES string of the molecule is Nc1ncc(C(=O)NCCc2nc3ccccc3[nH]2)c(-c2ccccc2)n1. The molecule has 7 nitrogen and oxygen atoms in total. The van der Waals surface area contributed by atoms with Crippen LogP contribution < -0.4 is 11.1 Å². The zero-order chi connectivity index (χ0) is 18.6. The van der Waals surface area contributed by atoms with Gasteiger partial charge in [-0.1, -0.05) is 42.5 Å². The number of para-hydroxylation sites is 2. The van der Waals surface area contributed by atoms with Crippen molar-refractivity contribution in [3.63, 3.8) is 0 Å². The molecule has 4 aromatic rings. The number of nitrogens with zero attached hydrogens (tertiary/aromatic N) is 3. The van der Waals surface area contributed by atoms with E-state index in [1.807, 2.05) is 54.6 Å². The van der Waals surface area contributed by atoms with Gasteiger partial charge in [-0.25, -0.2) is 15.0 Å². The van der Waals surface area contributed by atoms with Crippen LogP contribution in [-0.2, 0) is 6.42 Å². The fourth-order valence-corrected chi connectivity index (χ4v) is 2.89. The first-order valence-corrected chi connectivity index (χ1v) is 8.60. The molecule has 0 fully saturated rings. The lowest BCUT2D eigenvalue weighted by atomic mass is 10.1. The van der Waals surface area contributed by atoms with Crippen molar-refractivity contribution in [2.24, 2.45) is 0 Å². The molecule has 0 spiro atoms. The van der Waals surface area contributed by atoms with Gasteiger partial charge >= 0.3 is 0 Å². The standard InChI is InChI=1S/C20H18N6O/c21-20-23-12-14(18(26-20)13-6-2-1-3-7-13)19(27)22-11-10-17-24-15-8-4-5-9-16(15)25-17/h1-9,12H,10-11H2,(H,22,27)(H,24,25)(H2,21,23,26). The lowest BCUT2D eigenvalue weighted by Gasteiger charge is -2.09. The molecule has 2 aromatic carbocycles. The average molecular weight is 358 g/mol. The van der Waals surface area contributed by atoms with Crippen LogP contribution in [0.1, 0.15) is 16.2 Å². The molecule has 0 saturated heterocycles. The first-order chi connectivity index (χ1) is 13.2. The Labute approximate surface area is 155 Å². The fourth-order valence-electron chi connectivity index (χ4n) is 2.89. The highest BCUT2D eigenvalue weighted by Gasteiger charge is 2.15. The number of nitrogens with two attached hydrogens (primary N) is 1. The number of carbonyl (C=O) groups excluding carboxylic acids is 1. The van der Waals surface area contributed by atoms with Crippen molar-refractivity contribution in [2.45, 2.75) is 6.42 Å². The van der Waals surface area contributed by atoms with Crippen molar-refractivity contribution in [3.05, 3.63) is 72.2 Å². The van der Waals surface area contributed by atoms with Gasteiger partial charge in [0.1, 0.15) is 5.82 Å². The second-order valence-corrected chi connectivity index (χ2v) is 6.06. The number of fused-ring (bicyclic) bond motifs is 1. The molecule has 134 valence electrons. The molecule has 0 atom stereocenters. The molecule has 2 heterocycles. The molecule has 4 N–H and O–H groups in total. The van der Waals surface area contributed by atoms with Gasteiger partial charge in [-0.05, 0) is 12.1 Å². The highest BCUT2D eigenvalue weighted by atomic mass is 16.1. The van der Waals surface area contributed by atoms with E-state index in [4.69, 9.17) is 5.73 Å². The van der Waals surface area contributed by atoms with Gasteiger partial charge in [0.05, 0.1) is 22.3 Å². The summed E-state index contributed by atoms with van der Waals surface area (Å²) in [5, 5.41) is 2.90. The number of aromatic nitrogens is 4. The molecular formula is C20H18N6O. The summed E-state index contributed by atoms with van der Waals surface area (Å²) in [4.78, 5) is 28.6. The van der Waals surface area contributed by atoms with Crippen LogP contribution in [0.25, 0.3) is 22.3 Å². The van der Waals surface area contributed by atoms with Crippen LogP contribution in [0.4, 0.5) is 5.95 Å². The number of benzene rings is 2. The van der Waals surface area contributed by atoms with Gasteiger partial charge in [0.2, 0.25) is 5.95 Å². The van der Waals surface area contributed by atoms with E-state index in [-0.39, 0.29) is 11.9 Å². The minimum atomic E-state index is -0.245. The fraction of sp³-hybridized carbons (Fsp3) is 0.100. The number of hydrogen-bond donors (Lipinski definition) is 3. The number of hydrogen-bond acceptors (Lipinski definition) is 5. The van der Waals surface area contributed by atoms with Crippen LogP contribution >= 0.6 is 0 Å². The molecule has 0 aliphatic carbocycles. The van der Waals surface area contributed by atoms with Crippen molar-refractivity contribution in [3.8, 4) is 11.3 Å². The number of carbonyl (C=O) groups is 1. The first kappa shape index (κ1) is 16.7. The maximum atomic E-state index is 12.6. The quantitative estimate of drug-likeness (QED) is 0.508. The molecule has 1 amide bonds. The zero-order valence-electron chi connectivity index (χ0n) is 14.5. The number of aromatic amines is 1. The molecule has 0 saturated carbocycles. The second kappa shape index (κ2) is 7.25. The Morgan fingerprint density at radius 3 is 2.63 bits per heavy atom. The molecular weight excluding hydrogens is 340 g/mol. The van der Waals surface area contributed by atoms with Crippen LogP contribution in [0, 0.1) is 0 Å². The smallest absolute Gasteiger partial charge is 0.255 e. The van der Waals surface area contributed by atoms with Crippen LogP contribution in [0.3, 0.4) is 0 Å². The molecule has 0 radical (unpaired) electrons. The third kappa shape index (κ3) is 3.62. The van der Waals surface area contributed by atoms with Crippen LogP contribution in [0.15, 0.2) is 60.8 Å². The maximum absolute atomic E-state index is 12.6. The number of nitrogen functional groups attached to an aromatic ring is 1. The van der Waals surface area contributed by atoms with Crippen molar-refractivity contribution >= 4 is 22.9 Å². The Hall–Kier alpha value is -3.74. The summed E-state index contributed by atoms with van der Waals surface area (Å²) in [6.07, 6.45) is 2.05. The summed E-state index contributed by atoms with van der Waals surface area (Å²) in [6, 6.07) is 17.3. The number of rotatable bonds is 5. The molecule has 0 bridgehead atoms. The molecule has 7 heteroatoms. The van der Waals surface area contributed by atoms with Crippen molar-refractivity contribution < 1.29 is 4.79 Å². The number of imidazole rings is 1. The van der Waals surface area contributed by atoms with E-state index >= 15 is 0 Å². The summed E-state index contributed by atoms with van der Waals surface area (Å²) < 4.78 is 0. The van der Waals surface area contributed by atoms with Crippen molar-refractivity contribution in [1.82, 2.24) is 25.3 Å². The lowest BCUT2D eigenvalue weighted by molar-refractivity contribution is 0.0954. The minimum Gasteiger partial charge on any atom is -0.368 e. The normalized spacial score (nSPS) is 10.8. The van der Waals surface area contributed by atoms with E-state index < -0.39 is 0 Å². The Kier molecular flexibility index (Phi) is 4.49.